The summed E-state index contributed by atoms with van der Waals surface area (Å²) in [6, 6.07) is 7.15. The lowest BCUT2D eigenvalue weighted by atomic mass is 10.1. The second-order valence-corrected chi connectivity index (χ2v) is 6.71. The first-order valence-corrected chi connectivity index (χ1v) is 9.65. The number of carbonyl (C=O) groups is 2. The van der Waals surface area contributed by atoms with Crippen LogP contribution >= 0.6 is 0 Å². The minimum Gasteiger partial charge on any atom is -0.352 e. The van der Waals surface area contributed by atoms with Crippen molar-refractivity contribution in [1.29, 1.82) is 0 Å². The van der Waals surface area contributed by atoms with Crippen molar-refractivity contribution < 1.29 is 9.59 Å². The highest BCUT2D eigenvalue weighted by atomic mass is 16.2. The third kappa shape index (κ3) is 8.45. The van der Waals surface area contributed by atoms with Crippen molar-refractivity contribution >= 4 is 11.8 Å². The van der Waals surface area contributed by atoms with Gasteiger partial charge in [-0.3, -0.25) is 9.59 Å². The fourth-order valence-corrected chi connectivity index (χ4v) is 2.55. The average Bonchev–Trinajstić information content (AvgIpc) is 2.67. The summed E-state index contributed by atoms with van der Waals surface area (Å²) >= 11 is 0. The van der Waals surface area contributed by atoms with Gasteiger partial charge in [-0.05, 0) is 56.7 Å². The van der Waals surface area contributed by atoms with Gasteiger partial charge >= 0.3 is 0 Å². The normalized spacial score (nSPS) is 13.1. The van der Waals surface area contributed by atoms with E-state index in [1.54, 1.807) is 24.3 Å². The van der Waals surface area contributed by atoms with Crippen molar-refractivity contribution in [2.24, 2.45) is 11.5 Å². The van der Waals surface area contributed by atoms with Crippen LogP contribution < -0.4 is 22.1 Å². The smallest absolute Gasteiger partial charge is 0.251 e. The molecule has 0 heterocycles. The Morgan fingerprint density at radius 2 is 1.31 bits per heavy atom. The number of hydrogen-bond donors (Lipinski definition) is 4. The molecule has 146 valence electrons. The van der Waals surface area contributed by atoms with E-state index < -0.39 is 0 Å². The van der Waals surface area contributed by atoms with Crippen molar-refractivity contribution in [2.45, 2.75) is 64.5 Å². The number of nitrogens with one attached hydrogen (secondary N) is 2. The fourth-order valence-electron chi connectivity index (χ4n) is 2.55. The minimum atomic E-state index is -0.168. The molecule has 2 amide bonds. The van der Waals surface area contributed by atoms with Crippen LogP contribution in [0.5, 0.6) is 0 Å². The van der Waals surface area contributed by atoms with Gasteiger partial charge in [-0.15, -0.1) is 0 Å². The largest absolute Gasteiger partial charge is 0.352 e. The number of amides is 2. The molecule has 2 unspecified atom stereocenters. The van der Waals surface area contributed by atoms with E-state index in [1.807, 2.05) is 0 Å². The molecule has 0 spiro atoms. The second-order valence-electron chi connectivity index (χ2n) is 6.71. The quantitative estimate of drug-likeness (QED) is 0.427. The fraction of sp³-hybridized carbons (Fsp3) is 0.600. The Balaban J connectivity index is 2.43. The van der Waals surface area contributed by atoms with Crippen molar-refractivity contribution in [2.75, 3.05) is 13.1 Å². The van der Waals surface area contributed by atoms with Gasteiger partial charge in [0.25, 0.3) is 11.8 Å². The van der Waals surface area contributed by atoms with E-state index in [0.717, 1.165) is 38.5 Å². The summed E-state index contributed by atoms with van der Waals surface area (Å²) in [5.41, 5.74) is 12.7. The summed E-state index contributed by atoms with van der Waals surface area (Å²) in [5, 5.41) is 5.75. The first kappa shape index (κ1) is 22.1. The Morgan fingerprint density at radius 3 is 1.69 bits per heavy atom. The Morgan fingerprint density at radius 1 is 0.885 bits per heavy atom. The van der Waals surface area contributed by atoms with Gasteiger partial charge < -0.3 is 22.1 Å². The van der Waals surface area contributed by atoms with Gasteiger partial charge in [0.15, 0.2) is 0 Å². The Labute approximate surface area is 157 Å². The van der Waals surface area contributed by atoms with Crippen LogP contribution in [0.15, 0.2) is 24.3 Å². The molecular weight excluding hydrogens is 328 g/mol. The molecule has 0 aliphatic rings. The Kier molecular flexibility index (Phi) is 10.6. The van der Waals surface area contributed by atoms with Crippen LogP contribution in [0.2, 0.25) is 0 Å². The van der Waals surface area contributed by atoms with Crippen molar-refractivity contribution in [3.05, 3.63) is 35.4 Å². The third-order valence-electron chi connectivity index (χ3n) is 4.51. The molecule has 6 nitrogen and oxygen atoms in total. The zero-order valence-corrected chi connectivity index (χ0v) is 16.1. The molecule has 0 aliphatic carbocycles. The van der Waals surface area contributed by atoms with E-state index in [9.17, 15) is 9.59 Å². The van der Waals surface area contributed by atoms with Crippen LogP contribution in [0.3, 0.4) is 0 Å². The summed E-state index contributed by atoms with van der Waals surface area (Å²) in [7, 11) is 0. The average molecular weight is 363 g/mol. The zero-order valence-electron chi connectivity index (χ0n) is 16.1. The molecule has 1 aromatic rings. The van der Waals surface area contributed by atoms with E-state index in [1.165, 1.54) is 0 Å². The number of benzene rings is 1. The van der Waals surface area contributed by atoms with Gasteiger partial charge in [0.05, 0.1) is 0 Å². The number of hydrogen-bond acceptors (Lipinski definition) is 4. The molecule has 1 aromatic carbocycles. The molecule has 6 N–H and O–H groups in total. The van der Waals surface area contributed by atoms with Crippen LogP contribution in [-0.2, 0) is 0 Å². The molecule has 0 bridgehead atoms. The van der Waals surface area contributed by atoms with E-state index in [-0.39, 0.29) is 23.9 Å². The molecule has 1 rings (SSSR count). The van der Waals surface area contributed by atoms with Crippen LogP contribution in [-0.4, -0.2) is 37.0 Å². The highest BCUT2D eigenvalue weighted by molar-refractivity contribution is 5.99. The summed E-state index contributed by atoms with van der Waals surface area (Å²) in [6.07, 6.45) is 5.36. The van der Waals surface area contributed by atoms with E-state index in [2.05, 4.69) is 24.5 Å². The van der Waals surface area contributed by atoms with Crippen LogP contribution in [0, 0.1) is 0 Å². The minimum absolute atomic E-state index is 0.168. The summed E-state index contributed by atoms with van der Waals surface area (Å²) in [4.78, 5) is 24.4. The van der Waals surface area contributed by atoms with E-state index in [0.29, 0.717) is 24.2 Å². The predicted octanol–water partition coefficient (Wildman–Crippen LogP) is 2.18. The monoisotopic (exact) mass is 362 g/mol. The molecule has 0 aliphatic heterocycles. The number of nitrogens with two attached hydrogens (primary N) is 2. The summed E-state index contributed by atoms with van der Waals surface area (Å²) in [5.74, 6) is -0.336. The van der Waals surface area contributed by atoms with Gasteiger partial charge in [-0.2, -0.15) is 0 Å². The maximum atomic E-state index is 12.2. The Bertz CT molecular complexity index is 517. The predicted molar refractivity (Wildman–Crippen MR) is 106 cm³/mol. The lowest BCUT2D eigenvalue weighted by Gasteiger charge is -2.11. The van der Waals surface area contributed by atoms with E-state index in [4.69, 9.17) is 11.5 Å². The molecule has 0 saturated carbocycles. The van der Waals surface area contributed by atoms with Crippen molar-refractivity contribution in [3.63, 3.8) is 0 Å². The SMILES string of the molecule is CCC(N)CCCNC(=O)c1cccc(C(=O)NCCCC(N)CC)c1. The van der Waals surface area contributed by atoms with Crippen molar-refractivity contribution in [3.8, 4) is 0 Å². The molecule has 0 fully saturated rings. The van der Waals surface area contributed by atoms with Gasteiger partial charge in [-0.1, -0.05) is 19.9 Å². The molecule has 6 heteroatoms. The van der Waals surface area contributed by atoms with Gasteiger partial charge in [0.1, 0.15) is 0 Å². The maximum absolute atomic E-state index is 12.2. The lowest BCUT2D eigenvalue weighted by molar-refractivity contribution is 0.0952. The van der Waals surface area contributed by atoms with Crippen LogP contribution in [0.4, 0.5) is 0 Å². The lowest BCUT2D eigenvalue weighted by Crippen LogP contribution is -2.28. The van der Waals surface area contributed by atoms with Crippen LogP contribution in [0.25, 0.3) is 0 Å². The molecular formula is C20H34N4O2. The number of carbonyl (C=O) groups excluding carboxylic acids is 2. The summed E-state index contributed by atoms with van der Waals surface area (Å²) in [6.45, 7) is 5.28. The third-order valence-corrected chi connectivity index (χ3v) is 4.51. The first-order chi connectivity index (χ1) is 12.5. The van der Waals surface area contributed by atoms with Crippen LogP contribution in [0.1, 0.15) is 73.1 Å². The van der Waals surface area contributed by atoms with E-state index >= 15 is 0 Å². The molecule has 2 atom stereocenters. The van der Waals surface area contributed by atoms with Gasteiger partial charge in [-0.25, -0.2) is 0 Å². The topological polar surface area (TPSA) is 110 Å². The molecule has 26 heavy (non-hydrogen) atoms. The Hall–Kier alpha value is -1.92. The molecule has 0 saturated heterocycles. The first-order valence-electron chi connectivity index (χ1n) is 9.65. The van der Waals surface area contributed by atoms with Gasteiger partial charge in [0, 0.05) is 36.3 Å². The highest BCUT2D eigenvalue weighted by Crippen LogP contribution is 2.06. The summed E-state index contributed by atoms with van der Waals surface area (Å²) < 4.78 is 0. The maximum Gasteiger partial charge on any atom is 0.251 e. The van der Waals surface area contributed by atoms with Gasteiger partial charge in [0.2, 0.25) is 0 Å². The standard InChI is InChI=1S/C20H34N4O2/c1-3-17(21)10-6-12-23-19(25)15-8-5-9-16(14-15)20(26)24-13-7-11-18(22)4-2/h5,8-9,14,17-18H,3-4,6-7,10-13,21-22H2,1-2H3,(H,23,25)(H,24,26). The number of rotatable bonds is 12. The highest BCUT2D eigenvalue weighted by Gasteiger charge is 2.10. The molecule has 0 radical (unpaired) electrons. The zero-order chi connectivity index (χ0) is 19.4. The van der Waals surface area contributed by atoms with Crippen molar-refractivity contribution in [1.82, 2.24) is 10.6 Å². The second kappa shape index (κ2) is 12.4. The molecule has 0 aromatic heterocycles.